The summed E-state index contributed by atoms with van der Waals surface area (Å²) < 4.78 is 3.97. The van der Waals surface area contributed by atoms with Crippen molar-refractivity contribution in [2.75, 3.05) is 5.75 Å². The van der Waals surface area contributed by atoms with E-state index in [4.69, 9.17) is 5.26 Å². The molecule has 16 heavy (non-hydrogen) atoms. The van der Waals surface area contributed by atoms with E-state index in [1.54, 1.807) is 11.8 Å². The molecule has 1 aromatic carbocycles. The largest absolute Gasteiger partial charge is 0.198 e. The average molecular weight is 247 g/mol. The van der Waals surface area contributed by atoms with E-state index in [-0.39, 0.29) is 0 Å². The number of nitrogens with zero attached hydrogens (tertiary/aromatic N) is 3. The minimum atomic E-state index is 0.538. The molecule has 0 amide bonds. The van der Waals surface area contributed by atoms with Crippen LogP contribution in [0.2, 0.25) is 0 Å². The molecule has 5 heteroatoms. The molecule has 0 spiro atoms. The van der Waals surface area contributed by atoms with Gasteiger partial charge in [-0.1, -0.05) is 34.8 Å². The molecule has 0 radical (unpaired) electrons. The highest BCUT2D eigenvalue weighted by Gasteiger charge is 2.09. The molecule has 0 aliphatic heterocycles. The number of rotatable bonds is 4. The van der Waals surface area contributed by atoms with Crippen molar-refractivity contribution >= 4 is 23.3 Å². The van der Waals surface area contributed by atoms with Crippen molar-refractivity contribution in [3.8, 4) is 16.5 Å². The number of hydrogen-bond donors (Lipinski definition) is 0. The third kappa shape index (κ3) is 2.60. The van der Waals surface area contributed by atoms with E-state index in [1.807, 2.05) is 30.3 Å². The van der Waals surface area contributed by atoms with Gasteiger partial charge in [0.25, 0.3) is 0 Å². The Balaban J connectivity index is 2.17. The molecule has 3 nitrogen and oxygen atoms in total. The van der Waals surface area contributed by atoms with Crippen LogP contribution >= 0.6 is 23.3 Å². The van der Waals surface area contributed by atoms with Crippen molar-refractivity contribution in [2.45, 2.75) is 11.4 Å². The van der Waals surface area contributed by atoms with Crippen LogP contribution in [0.15, 0.2) is 35.4 Å². The topological polar surface area (TPSA) is 49.6 Å². The third-order valence-electron chi connectivity index (χ3n) is 1.95. The van der Waals surface area contributed by atoms with E-state index in [1.165, 1.54) is 11.5 Å². The first kappa shape index (κ1) is 11.1. The molecule has 0 aliphatic carbocycles. The molecule has 0 fully saturated rings. The first-order valence-corrected chi connectivity index (χ1v) is 6.55. The normalized spacial score (nSPS) is 9.94. The Kier molecular flexibility index (Phi) is 3.91. The molecular formula is C11H9N3S2. The fraction of sp³-hybridized carbons (Fsp3) is 0.182. The van der Waals surface area contributed by atoms with Gasteiger partial charge in [0.05, 0.1) is 10.9 Å². The van der Waals surface area contributed by atoms with Gasteiger partial charge < -0.3 is 0 Å². The second kappa shape index (κ2) is 5.64. The van der Waals surface area contributed by atoms with Crippen LogP contribution in [0.1, 0.15) is 6.42 Å². The lowest BCUT2D eigenvalue weighted by molar-refractivity contribution is 1.03. The first-order chi connectivity index (χ1) is 7.92. The predicted octanol–water partition coefficient (Wildman–Crippen LogP) is 3.21. The highest BCUT2D eigenvalue weighted by Crippen LogP contribution is 2.32. The quantitative estimate of drug-likeness (QED) is 0.615. The summed E-state index contributed by atoms with van der Waals surface area (Å²) in [5.74, 6) is 0.766. The van der Waals surface area contributed by atoms with Gasteiger partial charge in [0.15, 0.2) is 0 Å². The molecule has 0 saturated carbocycles. The lowest BCUT2D eigenvalue weighted by Crippen LogP contribution is -1.81. The Bertz CT molecular complexity index is 487. The second-order valence-electron chi connectivity index (χ2n) is 3.03. The summed E-state index contributed by atoms with van der Waals surface area (Å²) in [6.07, 6.45) is 0.538. The molecule has 80 valence electrons. The Morgan fingerprint density at radius 2 is 2.12 bits per heavy atom. The second-order valence-corrected chi connectivity index (χ2v) is 4.87. The lowest BCUT2D eigenvalue weighted by atomic mass is 10.2. The number of aromatic nitrogens is 2. The molecule has 0 N–H and O–H groups in total. The molecule has 2 rings (SSSR count). The summed E-state index contributed by atoms with van der Waals surface area (Å²) in [6.45, 7) is 0. The summed E-state index contributed by atoms with van der Waals surface area (Å²) in [7, 11) is 0. The molecule has 1 heterocycles. The fourth-order valence-electron chi connectivity index (χ4n) is 1.24. The molecule has 0 unspecified atom stereocenters. The van der Waals surface area contributed by atoms with Gasteiger partial charge >= 0.3 is 0 Å². The average Bonchev–Trinajstić information content (AvgIpc) is 2.79. The first-order valence-electron chi connectivity index (χ1n) is 4.79. The van der Waals surface area contributed by atoms with Crippen molar-refractivity contribution in [3.05, 3.63) is 30.3 Å². The van der Waals surface area contributed by atoms with Gasteiger partial charge in [-0.05, 0) is 17.1 Å². The molecule has 0 bridgehead atoms. The minimum Gasteiger partial charge on any atom is -0.198 e. The van der Waals surface area contributed by atoms with E-state index < -0.39 is 0 Å². The number of nitriles is 1. The van der Waals surface area contributed by atoms with Gasteiger partial charge in [-0.2, -0.15) is 5.26 Å². The van der Waals surface area contributed by atoms with Crippen LogP contribution in [0.4, 0.5) is 0 Å². The highest BCUT2D eigenvalue weighted by molar-refractivity contribution is 7.99. The van der Waals surface area contributed by atoms with Gasteiger partial charge in [0.2, 0.25) is 0 Å². The minimum absolute atomic E-state index is 0.538. The van der Waals surface area contributed by atoms with Crippen molar-refractivity contribution in [1.82, 2.24) is 9.59 Å². The van der Waals surface area contributed by atoms with Crippen molar-refractivity contribution in [1.29, 1.82) is 5.26 Å². The number of thioether (sulfide) groups is 1. The van der Waals surface area contributed by atoms with Crippen LogP contribution in [0, 0.1) is 11.3 Å². The van der Waals surface area contributed by atoms with E-state index in [0.29, 0.717) is 6.42 Å². The highest BCUT2D eigenvalue weighted by atomic mass is 32.2. The Labute approximate surface area is 102 Å². The zero-order valence-electron chi connectivity index (χ0n) is 8.46. The van der Waals surface area contributed by atoms with Crippen LogP contribution in [0.5, 0.6) is 0 Å². The summed E-state index contributed by atoms with van der Waals surface area (Å²) in [5.41, 5.74) is 1.14. The van der Waals surface area contributed by atoms with E-state index in [9.17, 15) is 0 Å². The standard InChI is InChI=1S/C11H9N3S2/c12-7-4-8-15-11-10(16-14-13-11)9-5-2-1-3-6-9/h1-3,5-6H,4,8H2. The zero-order valence-corrected chi connectivity index (χ0v) is 10.1. The predicted molar refractivity (Wildman–Crippen MR) is 66.3 cm³/mol. The smallest absolute Gasteiger partial charge is 0.139 e. The molecule has 0 atom stereocenters. The van der Waals surface area contributed by atoms with Gasteiger partial charge in [0.1, 0.15) is 5.03 Å². The Hall–Kier alpha value is -1.38. The summed E-state index contributed by atoms with van der Waals surface area (Å²) in [5, 5.41) is 13.5. The van der Waals surface area contributed by atoms with Crippen LogP contribution < -0.4 is 0 Å². The SMILES string of the molecule is N#CCCSc1nnsc1-c1ccccc1. The summed E-state index contributed by atoms with van der Waals surface area (Å²) >= 11 is 2.98. The van der Waals surface area contributed by atoms with Crippen LogP contribution in [-0.4, -0.2) is 15.3 Å². The maximum absolute atomic E-state index is 8.48. The Morgan fingerprint density at radius 1 is 1.31 bits per heavy atom. The van der Waals surface area contributed by atoms with E-state index >= 15 is 0 Å². The van der Waals surface area contributed by atoms with Gasteiger partial charge in [-0.3, -0.25) is 0 Å². The Morgan fingerprint density at radius 3 is 2.88 bits per heavy atom. The van der Waals surface area contributed by atoms with E-state index in [2.05, 4.69) is 15.7 Å². The number of hydrogen-bond acceptors (Lipinski definition) is 5. The maximum atomic E-state index is 8.48. The molecule has 1 aromatic heterocycles. The molecule has 0 aliphatic rings. The van der Waals surface area contributed by atoms with Crippen molar-refractivity contribution < 1.29 is 0 Å². The van der Waals surface area contributed by atoms with Gasteiger partial charge in [-0.15, -0.1) is 16.9 Å². The van der Waals surface area contributed by atoms with Gasteiger partial charge in [-0.25, -0.2) is 0 Å². The monoisotopic (exact) mass is 247 g/mol. The van der Waals surface area contributed by atoms with Crippen LogP contribution in [-0.2, 0) is 0 Å². The lowest BCUT2D eigenvalue weighted by Gasteiger charge is -1.98. The van der Waals surface area contributed by atoms with Crippen molar-refractivity contribution in [3.63, 3.8) is 0 Å². The molecule has 0 saturated heterocycles. The fourth-order valence-corrected chi connectivity index (χ4v) is 2.88. The van der Waals surface area contributed by atoms with Gasteiger partial charge in [0, 0.05) is 12.2 Å². The summed E-state index contributed by atoms with van der Waals surface area (Å²) in [6, 6.07) is 12.2. The summed E-state index contributed by atoms with van der Waals surface area (Å²) in [4.78, 5) is 1.09. The maximum Gasteiger partial charge on any atom is 0.139 e. The van der Waals surface area contributed by atoms with Crippen molar-refractivity contribution in [2.24, 2.45) is 0 Å². The zero-order chi connectivity index (χ0) is 11.2. The molecule has 2 aromatic rings. The van der Waals surface area contributed by atoms with Crippen LogP contribution in [0.25, 0.3) is 10.4 Å². The van der Waals surface area contributed by atoms with E-state index in [0.717, 1.165) is 21.2 Å². The molecular weight excluding hydrogens is 238 g/mol. The third-order valence-corrected chi connectivity index (χ3v) is 3.82. The number of benzene rings is 1. The van der Waals surface area contributed by atoms with Crippen LogP contribution in [0.3, 0.4) is 0 Å².